The molecule has 114 valence electrons. The second kappa shape index (κ2) is 8.11. The van der Waals surface area contributed by atoms with Gasteiger partial charge in [-0.15, -0.1) is 0 Å². The first-order valence-corrected chi connectivity index (χ1v) is 6.18. The van der Waals surface area contributed by atoms with Crippen LogP contribution < -0.4 is 4.90 Å². The molecule has 1 aromatic carbocycles. The lowest BCUT2D eigenvalue weighted by Gasteiger charge is -2.25. The van der Waals surface area contributed by atoms with E-state index >= 15 is 0 Å². The average Bonchev–Trinajstić information content (AvgIpc) is 2.46. The van der Waals surface area contributed by atoms with E-state index in [2.05, 4.69) is 0 Å². The maximum absolute atomic E-state index is 13.1. The fraction of sp³-hybridized carbons (Fsp3) is 0.462. The number of hydrogen-bond acceptors (Lipinski definition) is 5. The number of non-ortho nitro benzene ring substituents is 1. The van der Waals surface area contributed by atoms with Crippen LogP contribution in [-0.2, 0) is 4.74 Å². The maximum atomic E-state index is 13.1. The third kappa shape index (κ3) is 4.65. The van der Waals surface area contributed by atoms with Crippen LogP contribution in [0.1, 0.15) is 18.4 Å². The van der Waals surface area contributed by atoms with E-state index in [0.717, 1.165) is 6.07 Å². The number of halogens is 2. The quantitative estimate of drug-likeness (QED) is 0.544. The Morgan fingerprint density at radius 3 is 2.71 bits per heavy atom. The number of nitro groups is 1. The van der Waals surface area contributed by atoms with Crippen molar-refractivity contribution in [3.8, 4) is 6.07 Å². The van der Waals surface area contributed by atoms with Gasteiger partial charge in [-0.3, -0.25) is 10.1 Å². The van der Waals surface area contributed by atoms with Crippen LogP contribution in [0.4, 0.5) is 20.2 Å². The summed E-state index contributed by atoms with van der Waals surface area (Å²) < 4.78 is 31.2. The third-order valence-electron chi connectivity index (χ3n) is 2.86. The Balaban J connectivity index is 3.15. The number of nitro benzene ring substituents is 1. The van der Waals surface area contributed by atoms with Gasteiger partial charge >= 0.3 is 0 Å². The molecular formula is C13H15F2N3O3. The Morgan fingerprint density at radius 2 is 2.19 bits per heavy atom. The van der Waals surface area contributed by atoms with Gasteiger partial charge in [0.25, 0.3) is 12.1 Å². The monoisotopic (exact) mass is 299 g/mol. The predicted octanol–water partition coefficient (Wildman–Crippen LogP) is 2.90. The Bertz CT molecular complexity index is 532. The molecule has 0 atom stereocenters. The van der Waals surface area contributed by atoms with Gasteiger partial charge in [-0.05, 0) is 6.07 Å². The first kappa shape index (κ1) is 16.8. The predicted molar refractivity (Wildman–Crippen MR) is 72.4 cm³/mol. The van der Waals surface area contributed by atoms with Crippen LogP contribution in [0.5, 0.6) is 0 Å². The molecule has 0 aliphatic heterocycles. The first-order chi connectivity index (χ1) is 10.0. The summed E-state index contributed by atoms with van der Waals surface area (Å²) in [6, 6.07) is 5.27. The number of anilines is 1. The first-order valence-electron chi connectivity index (χ1n) is 6.18. The smallest absolute Gasteiger partial charge is 0.270 e. The molecule has 0 radical (unpaired) electrons. The highest BCUT2D eigenvalue weighted by atomic mass is 19.3. The van der Waals surface area contributed by atoms with Crippen molar-refractivity contribution in [3.63, 3.8) is 0 Å². The van der Waals surface area contributed by atoms with E-state index in [1.165, 1.54) is 19.2 Å². The summed E-state index contributed by atoms with van der Waals surface area (Å²) in [6.45, 7) is 0.859. The van der Waals surface area contributed by atoms with Crippen LogP contribution >= 0.6 is 0 Å². The molecular weight excluding hydrogens is 284 g/mol. The summed E-state index contributed by atoms with van der Waals surface area (Å²) in [5.74, 6) is 0. The minimum absolute atomic E-state index is 0.156. The summed E-state index contributed by atoms with van der Waals surface area (Å²) in [7, 11) is 1.48. The van der Waals surface area contributed by atoms with E-state index in [9.17, 15) is 18.9 Å². The van der Waals surface area contributed by atoms with Gasteiger partial charge in [-0.2, -0.15) is 5.26 Å². The number of methoxy groups -OCH3 is 1. The molecule has 0 bridgehead atoms. The van der Waals surface area contributed by atoms with Gasteiger partial charge in [0.15, 0.2) is 0 Å². The number of nitrogens with zero attached hydrogens (tertiary/aromatic N) is 3. The molecule has 21 heavy (non-hydrogen) atoms. The molecule has 0 saturated heterocycles. The minimum atomic E-state index is -2.84. The van der Waals surface area contributed by atoms with Gasteiger partial charge in [0.2, 0.25) is 0 Å². The molecule has 0 aromatic heterocycles. The minimum Gasteiger partial charge on any atom is -0.383 e. The summed E-state index contributed by atoms with van der Waals surface area (Å²) in [6.07, 6.45) is -2.68. The van der Waals surface area contributed by atoms with Gasteiger partial charge in [0, 0.05) is 43.6 Å². The summed E-state index contributed by atoms with van der Waals surface area (Å²) in [5, 5.41) is 19.3. The van der Waals surface area contributed by atoms with Crippen molar-refractivity contribution in [1.82, 2.24) is 0 Å². The molecule has 0 aliphatic rings. The highest BCUT2D eigenvalue weighted by Crippen LogP contribution is 2.33. The van der Waals surface area contributed by atoms with Crippen molar-refractivity contribution in [2.24, 2.45) is 0 Å². The third-order valence-corrected chi connectivity index (χ3v) is 2.86. The van der Waals surface area contributed by atoms with Gasteiger partial charge < -0.3 is 9.64 Å². The van der Waals surface area contributed by atoms with Crippen LogP contribution in [0.25, 0.3) is 0 Å². The zero-order chi connectivity index (χ0) is 15.8. The highest BCUT2D eigenvalue weighted by Gasteiger charge is 2.21. The van der Waals surface area contributed by atoms with Gasteiger partial charge in [0.05, 0.1) is 24.0 Å². The molecule has 0 spiro atoms. The number of alkyl halides is 2. The van der Waals surface area contributed by atoms with Crippen LogP contribution in [0.15, 0.2) is 18.2 Å². The van der Waals surface area contributed by atoms with E-state index in [1.807, 2.05) is 6.07 Å². The Hall–Kier alpha value is -2.27. The lowest BCUT2D eigenvalue weighted by molar-refractivity contribution is -0.385. The van der Waals surface area contributed by atoms with E-state index in [1.54, 1.807) is 4.90 Å². The van der Waals surface area contributed by atoms with Gasteiger partial charge in [0.1, 0.15) is 0 Å². The number of hydrogen-bond donors (Lipinski definition) is 0. The Kier molecular flexibility index (Phi) is 6.49. The van der Waals surface area contributed by atoms with E-state index < -0.39 is 16.9 Å². The number of benzene rings is 1. The number of rotatable bonds is 8. The zero-order valence-corrected chi connectivity index (χ0v) is 11.5. The van der Waals surface area contributed by atoms with Crippen LogP contribution in [0, 0.1) is 21.4 Å². The largest absolute Gasteiger partial charge is 0.383 e. The highest BCUT2D eigenvalue weighted by molar-refractivity contribution is 5.58. The summed E-state index contributed by atoms with van der Waals surface area (Å²) >= 11 is 0. The SMILES string of the molecule is COCCN(CCC#N)c1ccc([N+](=O)[O-])cc1C(F)F. The van der Waals surface area contributed by atoms with Crippen molar-refractivity contribution in [1.29, 1.82) is 5.26 Å². The molecule has 8 heteroatoms. The normalized spacial score (nSPS) is 10.4. The molecule has 0 amide bonds. The molecule has 0 unspecified atom stereocenters. The fourth-order valence-corrected chi connectivity index (χ4v) is 1.86. The zero-order valence-electron chi connectivity index (χ0n) is 11.5. The van der Waals surface area contributed by atoms with Crippen LogP contribution in [-0.4, -0.2) is 31.7 Å². The maximum Gasteiger partial charge on any atom is 0.270 e. The molecule has 1 aromatic rings. The molecule has 0 heterocycles. The lowest BCUT2D eigenvalue weighted by Crippen LogP contribution is -2.29. The lowest BCUT2D eigenvalue weighted by atomic mass is 10.1. The van der Waals surface area contributed by atoms with Crippen molar-refractivity contribution < 1.29 is 18.4 Å². The summed E-state index contributed by atoms with van der Waals surface area (Å²) in [5.41, 5.74) is -0.623. The van der Waals surface area contributed by atoms with Gasteiger partial charge in [-0.25, -0.2) is 8.78 Å². The molecule has 6 nitrogen and oxygen atoms in total. The standard InChI is InChI=1S/C13H15F2N3O3/c1-21-8-7-17(6-2-5-16)12-4-3-10(18(19)20)9-11(12)13(14)15/h3-4,9,13H,2,6-8H2,1H3. The van der Waals surface area contributed by atoms with Crippen LogP contribution in [0.3, 0.4) is 0 Å². The molecule has 0 fully saturated rings. The Labute approximate surface area is 120 Å². The number of ether oxygens (including phenoxy) is 1. The van der Waals surface area contributed by atoms with Crippen molar-refractivity contribution in [2.45, 2.75) is 12.8 Å². The number of nitriles is 1. The fourth-order valence-electron chi connectivity index (χ4n) is 1.86. The van der Waals surface area contributed by atoms with E-state index in [-0.39, 0.29) is 24.3 Å². The van der Waals surface area contributed by atoms with E-state index in [4.69, 9.17) is 10.00 Å². The molecule has 1 rings (SSSR count). The molecule has 0 N–H and O–H groups in total. The second-order valence-electron chi connectivity index (χ2n) is 4.19. The summed E-state index contributed by atoms with van der Waals surface area (Å²) in [4.78, 5) is 11.5. The average molecular weight is 299 g/mol. The topological polar surface area (TPSA) is 79.4 Å². The van der Waals surface area contributed by atoms with Crippen molar-refractivity contribution >= 4 is 11.4 Å². The van der Waals surface area contributed by atoms with Crippen molar-refractivity contribution in [3.05, 3.63) is 33.9 Å². The van der Waals surface area contributed by atoms with Crippen molar-refractivity contribution in [2.75, 3.05) is 31.7 Å². The van der Waals surface area contributed by atoms with Crippen LogP contribution in [0.2, 0.25) is 0 Å². The molecule has 0 aliphatic carbocycles. The van der Waals surface area contributed by atoms with Gasteiger partial charge in [-0.1, -0.05) is 0 Å². The second-order valence-corrected chi connectivity index (χ2v) is 4.19. The van der Waals surface area contributed by atoms with E-state index in [0.29, 0.717) is 13.2 Å². The molecule has 0 saturated carbocycles. The Morgan fingerprint density at radius 1 is 1.48 bits per heavy atom.